The van der Waals surface area contributed by atoms with E-state index in [2.05, 4.69) is 13.8 Å². The van der Waals surface area contributed by atoms with Crippen molar-refractivity contribution in [2.24, 2.45) is 5.92 Å². The molecule has 0 aliphatic rings. The van der Waals surface area contributed by atoms with Gasteiger partial charge in [0, 0.05) is 5.02 Å². The van der Waals surface area contributed by atoms with Crippen LogP contribution in [0.1, 0.15) is 19.4 Å². The predicted molar refractivity (Wildman–Crippen MR) is 51.7 cm³/mol. The van der Waals surface area contributed by atoms with Crippen molar-refractivity contribution in [3.63, 3.8) is 0 Å². The van der Waals surface area contributed by atoms with Gasteiger partial charge < -0.3 is 5.11 Å². The third-order valence-electron chi connectivity index (χ3n) is 1.66. The molecule has 1 aromatic rings. The van der Waals surface area contributed by atoms with Crippen LogP contribution in [0.2, 0.25) is 5.02 Å². The second-order valence-electron chi connectivity index (χ2n) is 3.37. The Labute approximate surface area is 78.0 Å². The van der Waals surface area contributed by atoms with E-state index in [4.69, 9.17) is 11.6 Å². The van der Waals surface area contributed by atoms with Crippen molar-refractivity contribution in [1.29, 1.82) is 0 Å². The minimum atomic E-state index is 0.287. The van der Waals surface area contributed by atoms with Crippen LogP contribution in [0.3, 0.4) is 0 Å². The van der Waals surface area contributed by atoms with Crippen LogP contribution >= 0.6 is 11.6 Å². The number of hydrogen-bond donors (Lipinski definition) is 1. The Kier molecular flexibility index (Phi) is 2.99. The zero-order valence-corrected chi connectivity index (χ0v) is 8.10. The summed E-state index contributed by atoms with van der Waals surface area (Å²) in [6.07, 6.45) is 0.910. The normalized spacial score (nSPS) is 10.7. The fraction of sp³-hybridized carbons (Fsp3) is 0.400. The molecule has 12 heavy (non-hydrogen) atoms. The van der Waals surface area contributed by atoms with Crippen LogP contribution < -0.4 is 0 Å². The quantitative estimate of drug-likeness (QED) is 0.748. The van der Waals surface area contributed by atoms with Crippen molar-refractivity contribution >= 4 is 11.6 Å². The second-order valence-corrected chi connectivity index (χ2v) is 3.78. The van der Waals surface area contributed by atoms with Gasteiger partial charge in [0.25, 0.3) is 0 Å². The SMILES string of the molecule is CC(C)Cc1cc(O)ccc1Cl. The fourth-order valence-corrected chi connectivity index (χ4v) is 1.35. The summed E-state index contributed by atoms with van der Waals surface area (Å²) < 4.78 is 0. The number of halogens is 1. The molecule has 0 heterocycles. The maximum Gasteiger partial charge on any atom is 0.115 e. The Balaban J connectivity index is 2.90. The number of phenolic OH excluding ortho intramolecular Hbond substituents is 1. The molecule has 2 heteroatoms. The molecule has 0 aliphatic heterocycles. The van der Waals surface area contributed by atoms with E-state index in [9.17, 15) is 5.11 Å². The third kappa shape index (κ3) is 2.42. The molecule has 66 valence electrons. The van der Waals surface area contributed by atoms with E-state index in [1.54, 1.807) is 18.2 Å². The topological polar surface area (TPSA) is 20.2 Å². The molecular weight excluding hydrogens is 172 g/mol. The van der Waals surface area contributed by atoms with Crippen LogP contribution in [0.4, 0.5) is 0 Å². The first-order valence-corrected chi connectivity index (χ1v) is 4.45. The summed E-state index contributed by atoms with van der Waals surface area (Å²) in [5, 5.41) is 9.93. The van der Waals surface area contributed by atoms with Crippen LogP contribution in [0.5, 0.6) is 5.75 Å². The van der Waals surface area contributed by atoms with Crippen LogP contribution in [0, 0.1) is 5.92 Å². The highest BCUT2D eigenvalue weighted by atomic mass is 35.5. The zero-order valence-electron chi connectivity index (χ0n) is 7.34. The molecule has 0 aliphatic carbocycles. The maximum atomic E-state index is 9.19. The van der Waals surface area contributed by atoms with E-state index >= 15 is 0 Å². The molecule has 1 aromatic carbocycles. The lowest BCUT2D eigenvalue weighted by atomic mass is 10.0. The number of rotatable bonds is 2. The van der Waals surface area contributed by atoms with Crippen molar-refractivity contribution in [2.75, 3.05) is 0 Å². The highest BCUT2D eigenvalue weighted by Gasteiger charge is 2.03. The Morgan fingerprint density at radius 1 is 1.42 bits per heavy atom. The van der Waals surface area contributed by atoms with Crippen LogP contribution in [-0.4, -0.2) is 5.11 Å². The van der Waals surface area contributed by atoms with Crippen LogP contribution in [-0.2, 0) is 6.42 Å². The number of aromatic hydroxyl groups is 1. The Morgan fingerprint density at radius 3 is 2.67 bits per heavy atom. The van der Waals surface area contributed by atoms with Gasteiger partial charge in [-0.1, -0.05) is 25.4 Å². The average molecular weight is 185 g/mol. The van der Waals surface area contributed by atoms with E-state index < -0.39 is 0 Å². The van der Waals surface area contributed by atoms with Crippen molar-refractivity contribution in [2.45, 2.75) is 20.3 Å². The molecule has 1 nitrogen and oxygen atoms in total. The van der Waals surface area contributed by atoms with Gasteiger partial charge in [-0.05, 0) is 36.1 Å². The molecule has 1 N–H and O–H groups in total. The molecule has 0 bridgehead atoms. The zero-order chi connectivity index (χ0) is 9.14. The van der Waals surface area contributed by atoms with Crippen molar-refractivity contribution in [3.8, 4) is 5.75 Å². The van der Waals surface area contributed by atoms with Gasteiger partial charge in [-0.25, -0.2) is 0 Å². The summed E-state index contributed by atoms with van der Waals surface area (Å²) in [5.74, 6) is 0.847. The lowest BCUT2D eigenvalue weighted by Gasteiger charge is -2.06. The molecule has 0 radical (unpaired) electrons. The largest absolute Gasteiger partial charge is 0.508 e. The van der Waals surface area contributed by atoms with Gasteiger partial charge in [0.05, 0.1) is 0 Å². The van der Waals surface area contributed by atoms with Crippen molar-refractivity contribution in [1.82, 2.24) is 0 Å². The highest BCUT2D eigenvalue weighted by Crippen LogP contribution is 2.23. The Hall–Kier alpha value is -0.690. The molecule has 0 amide bonds. The van der Waals surface area contributed by atoms with Gasteiger partial charge in [-0.15, -0.1) is 0 Å². The number of hydrogen-bond acceptors (Lipinski definition) is 1. The van der Waals surface area contributed by atoms with Gasteiger partial charge >= 0.3 is 0 Å². The van der Waals surface area contributed by atoms with Crippen molar-refractivity contribution in [3.05, 3.63) is 28.8 Å². The molecule has 0 aromatic heterocycles. The summed E-state index contributed by atoms with van der Waals surface area (Å²) in [5.41, 5.74) is 1.02. The molecule has 0 fully saturated rings. The molecular formula is C10H13ClO. The van der Waals surface area contributed by atoms with Gasteiger partial charge in [0.2, 0.25) is 0 Å². The number of benzene rings is 1. The lowest BCUT2D eigenvalue weighted by Crippen LogP contribution is -1.94. The van der Waals surface area contributed by atoms with Gasteiger partial charge in [0.1, 0.15) is 5.75 Å². The van der Waals surface area contributed by atoms with E-state index in [0.717, 1.165) is 17.0 Å². The minimum absolute atomic E-state index is 0.287. The smallest absolute Gasteiger partial charge is 0.115 e. The summed E-state index contributed by atoms with van der Waals surface area (Å²) in [7, 11) is 0. The molecule has 0 atom stereocenters. The highest BCUT2D eigenvalue weighted by molar-refractivity contribution is 6.31. The van der Waals surface area contributed by atoms with E-state index in [-0.39, 0.29) is 5.75 Å². The summed E-state index contributed by atoms with van der Waals surface area (Å²) in [6.45, 7) is 4.25. The van der Waals surface area contributed by atoms with Crippen LogP contribution in [0.25, 0.3) is 0 Å². The second kappa shape index (κ2) is 3.81. The molecule has 0 unspecified atom stereocenters. The van der Waals surface area contributed by atoms with Gasteiger partial charge in [0.15, 0.2) is 0 Å². The van der Waals surface area contributed by atoms with E-state index in [0.29, 0.717) is 5.92 Å². The van der Waals surface area contributed by atoms with E-state index in [1.807, 2.05) is 0 Å². The lowest BCUT2D eigenvalue weighted by molar-refractivity contribution is 0.474. The summed E-state index contributed by atoms with van der Waals surface area (Å²) >= 11 is 5.93. The third-order valence-corrected chi connectivity index (χ3v) is 2.03. The van der Waals surface area contributed by atoms with Crippen LogP contribution in [0.15, 0.2) is 18.2 Å². The van der Waals surface area contributed by atoms with E-state index in [1.165, 1.54) is 0 Å². The van der Waals surface area contributed by atoms with Gasteiger partial charge in [-0.2, -0.15) is 0 Å². The first-order chi connectivity index (χ1) is 5.59. The van der Waals surface area contributed by atoms with Gasteiger partial charge in [-0.3, -0.25) is 0 Å². The predicted octanol–water partition coefficient (Wildman–Crippen LogP) is 3.24. The molecule has 0 spiro atoms. The standard InChI is InChI=1S/C10H13ClO/c1-7(2)5-8-6-9(12)3-4-10(8)11/h3-4,6-7,12H,5H2,1-2H3. The molecule has 0 saturated carbocycles. The number of phenols is 1. The summed E-state index contributed by atoms with van der Waals surface area (Å²) in [6, 6.07) is 5.06. The summed E-state index contributed by atoms with van der Waals surface area (Å²) in [4.78, 5) is 0. The minimum Gasteiger partial charge on any atom is -0.508 e. The maximum absolute atomic E-state index is 9.19. The van der Waals surface area contributed by atoms with Crippen molar-refractivity contribution < 1.29 is 5.11 Å². The first-order valence-electron chi connectivity index (χ1n) is 4.07. The molecule has 1 rings (SSSR count). The molecule has 0 saturated heterocycles. The monoisotopic (exact) mass is 184 g/mol. The fourth-order valence-electron chi connectivity index (χ4n) is 1.16. The first kappa shape index (κ1) is 9.40. The Bertz CT molecular complexity index is 269. The Morgan fingerprint density at radius 2 is 2.08 bits per heavy atom. The average Bonchev–Trinajstić information content (AvgIpc) is 1.96.